The Morgan fingerprint density at radius 2 is 1.93 bits per heavy atom. The summed E-state index contributed by atoms with van der Waals surface area (Å²) in [6.07, 6.45) is 4.76. The summed E-state index contributed by atoms with van der Waals surface area (Å²) >= 11 is 0. The number of carbonyl (C=O) groups is 1. The number of rotatable bonds is 5. The lowest BCUT2D eigenvalue weighted by atomic mass is 9.89. The smallest absolute Gasteiger partial charge is 0.318 e. The highest BCUT2D eigenvalue weighted by molar-refractivity contribution is 5.77. The highest BCUT2D eigenvalue weighted by Gasteiger charge is 2.18. The highest BCUT2D eigenvalue weighted by atomic mass is 16.2. The first-order valence-corrected chi connectivity index (χ1v) is 10.7. The van der Waals surface area contributed by atoms with E-state index in [4.69, 9.17) is 0 Å². The minimum absolute atomic E-state index is 0.0950. The molecule has 156 valence electrons. The molecule has 2 amide bonds. The van der Waals surface area contributed by atoms with Gasteiger partial charge in [-0.3, -0.25) is 4.79 Å². The average molecular weight is 405 g/mol. The number of urea groups is 1. The zero-order valence-corrected chi connectivity index (χ0v) is 17.6. The second-order valence-electron chi connectivity index (χ2n) is 7.95. The van der Waals surface area contributed by atoms with E-state index in [-0.39, 0.29) is 24.2 Å². The van der Waals surface area contributed by atoms with Crippen molar-refractivity contribution in [3.63, 3.8) is 0 Å². The number of nitrogens with one attached hydrogen (secondary N) is 2. The summed E-state index contributed by atoms with van der Waals surface area (Å²) in [6.45, 7) is 4.69. The van der Waals surface area contributed by atoms with Gasteiger partial charge in [0.05, 0.1) is 23.5 Å². The lowest BCUT2D eigenvalue weighted by molar-refractivity contribution is 0.193. The Kier molecular flexibility index (Phi) is 5.84. The number of fused-ring (bicyclic) bond motifs is 2. The number of aromatic amines is 1. The van der Waals surface area contributed by atoms with Gasteiger partial charge in [0, 0.05) is 6.54 Å². The third-order valence-corrected chi connectivity index (χ3v) is 5.88. The van der Waals surface area contributed by atoms with Crippen LogP contribution in [0.3, 0.4) is 0 Å². The van der Waals surface area contributed by atoms with Crippen molar-refractivity contribution in [3.8, 4) is 0 Å². The summed E-state index contributed by atoms with van der Waals surface area (Å²) in [5, 5.41) is 3.64. The van der Waals surface area contributed by atoms with Gasteiger partial charge in [0.2, 0.25) is 0 Å². The number of aromatic nitrogens is 2. The first kappa shape index (κ1) is 20.1. The van der Waals surface area contributed by atoms with Crippen molar-refractivity contribution >= 4 is 16.9 Å². The van der Waals surface area contributed by atoms with Crippen molar-refractivity contribution in [2.75, 3.05) is 6.54 Å². The van der Waals surface area contributed by atoms with Crippen molar-refractivity contribution in [1.82, 2.24) is 20.2 Å². The Labute approximate surface area is 176 Å². The van der Waals surface area contributed by atoms with Gasteiger partial charge in [-0.15, -0.1) is 0 Å². The molecule has 30 heavy (non-hydrogen) atoms. The zero-order valence-electron chi connectivity index (χ0n) is 17.6. The Hall–Kier alpha value is -3.15. The van der Waals surface area contributed by atoms with E-state index in [0.717, 1.165) is 18.4 Å². The van der Waals surface area contributed by atoms with E-state index in [1.807, 2.05) is 32.0 Å². The van der Waals surface area contributed by atoms with Gasteiger partial charge in [0.1, 0.15) is 5.82 Å². The van der Waals surface area contributed by atoms with Gasteiger partial charge in [0.25, 0.3) is 5.56 Å². The van der Waals surface area contributed by atoms with Crippen LogP contribution in [0, 0.1) is 0 Å². The number of H-pyrrole nitrogens is 1. The van der Waals surface area contributed by atoms with Crippen LogP contribution in [-0.4, -0.2) is 27.4 Å². The maximum absolute atomic E-state index is 12.9. The topological polar surface area (TPSA) is 78.1 Å². The predicted octanol–water partition coefficient (Wildman–Crippen LogP) is 4.09. The van der Waals surface area contributed by atoms with Crippen molar-refractivity contribution in [1.29, 1.82) is 0 Å². The lowest BCUT2D eigenvalue weighted by Gasteiger charge is -2.25. The first-order valence-electron chi connectivity index (χ1n) is 10.7. The van der Waals surface area contributed by atoms with Crippen molar-refractivity contribution in [2.45, 2.75) is 52.1 Å². The average Bonchev–Trinajstić information content (AvgIpc) is 2.77. The number of hydrogen-bond acceptors (Lipinski definition) is 3. The van der Waals surface area contributed by atoms with Gasteiger partial charge in [-0.1, -0.05) is 30.3 Å². The summed E-state index contributed by atoms with van der Waals surface area (Å²) in [7, 11) is 0. The number of amides is 2. The van der Waals surface area contributed by atoms with Gasteiger partial charge in [-0.25, -0.2) is 9.78 Å². The maximum Gasteiger partial charge on any atom is 0.318 e. The molecule has 0 aliphatic heterocycles. The molecule has 0 fully saturated rings. The van der Waals surface area contributed by atoms with Crippen LogP contribution in [0.25, 0.3) is 10.9 Å². The minimum Gasteiger partial charge on any atom is -0.331 e. The van der Waals surface area contributed by atoms with E-state index in [1.165, 1.54) is 24.0 Å². The van der Waals surface area contributed by atoms with E-state index < -0.39 is 0 Å². The van der Waals surface area contributed by atoms with E-state index in [1.54, 1.807) is 11.0 Å². The second kappa shape index (κ2) is 8.69. The number of benzene rings is 2. The molecule has 1 aromatic heterocycles. The molecule has 0 spiro atoms. The molecule has 4 rings (SSSR count). The van der Waals surface area contributed by atoms with Crippen LogP contribution in [0.2, 0.25) is 0 Å². The third-order valence-electron chi connectivity index (χ3n) is 5.88. The number of carbonyl (C=O) groups excluding carboxylic acids is 1. The number of nitrogens with zero attached hydrogens (tertiary/aromatic N) is 2. The molecule has 1 heterocycles. The lowest BCUT2D eigenvalue weighted by Crippen LogP contribution is -2.41. The van der Waals surface area contributed by atoms with Crippen LogP contribution in [-0.2, 0) is 19.4 Å². The van der Waals surface area contributed by atoms with Crippen molar-refractivity contribution in [2.24, 2.45) is 0 Å². The van der Waals surface area contributed by atoms with Crippen LogP contribution < -0.4 is 10.9 Å². The zero-order chi connectivity index (χ0) is 21.1. The normalized spacial score (nSPS) is 14.2. The highest BCUT2D eigenvalue weighted by Crippen LogP contribution is 2.25. The van der Waals surface area contributed by atoms with Crippen LogP contribution in [0.1, 0.15) is 55.2 Å². The van der Waals surface area contributed by atoms with Crippen molar-refractivity contribution < 1.29 is 4.79 Å². The van der Waals surface area contributed by atoms with Gasteiger partial charge in [0.15, 0.2) is 0 Å². The molecule has 6 nitrogen and oxygen atoms in total. The molecule has 0 bridgehead atoms. The van der Waals surface area contributed by atoms with Gasteiger partial charge >= 0.3 is 6.03 Å². The molecule has 0 saturated carbocycles. The molecule has 0 radical (unpaired) electrons. The van der Waals surface area contributed by atoms with Crippen LogP contribution in [0.4, 0.5) is 4.79 Å². The van der Waals surface area contributed by atoms with E-state index >= 15 is 0 Å². The standard InChI is InChI=1S/C24H28N4O2/c1-3-28(15-22-26-21-11-7-6-10-20(21)23(29)27-22)24(30)25-16(2)18-13-12-17-8-4-5-9-19(17)14-18/h6-7,10-14,16H,3-5,8-9,15H2,1-2H3,(H,25,30)(H,26,27,29). The molecular formula is C24H28N4O2. The molecule has 1 atom stereocenters. The Morgan fingerprint density at radius 3 is 2.73 bits per heavy atom. The van der Waals surface area contributed by atoms with Crippen LogP contribution in [0.15, 0.2) is 47.3 Å². The summed E-state index contributed by atoms with van der Waals surface area (Å²) in [4.78, 5) is 34.2. The molecule has 1 aliphatic carbocycles. The molecular weight excluding hydrogens is 376 g/mol. The number of aryl methyl sites for hydroxylation is 2. The molecule has 6 heteroatoms. The van der Waals surface area contributed by atoms with E-state index in [9.17, 15) is 9.59 Å². The fourth-order valence-electron chi connectivity index (χ4n) is 4.10. The molecule has 2 N–H and O–H groups in total. The summed E-state index contributed by atoms with van der Waals surface area (Å²) in [5.41, 5.74) is 4.41. The second-order valence-corrected chi connectivity index (χ2v) is 7.95. The number of para-hydroxylation sites is 1. The molecule has 3 aromatic rings. The first-order chi connectivity index (χ1) is 14.5. The van der Waals surface area contributed by atoms with Crippen LogP contribution in [0.5, 0.6) is 0 Å². The van der Waals surface area contributed by atoms with Gasteiger partial charge < -0.3 is 15.2 Å². The summed E-state index contributed by atoms with van der Waals surface area (Å²) in [5.74, 6) is 0.483. The Balaban J connectivity index is 1.47. The largest absolute Gasteiger partial charge is 0.331 e. The Bertz CT molecular complexity index is 1120. The monoisotopic (exact) mass is 404 g/mol. The Morgan fingerprint density at radius 1 is 1.17 bits per heavy atom. The fourth-order valence-corrected chi connectivity index (χ4v) is 4.10. The SMILES string of the molecule is CCN(Cc1nc2ccccc2c(=O)[nH]1)C(=O)NC(C)c1ccc2c(c1)CCCC2. The summed E-state index contributed by atoms with van der Waals surface area (Å²) in [6, 6.07) is 13.5. The molecule has 2 aromatic carbocycles. The third kappa shape index (κ3) is 4.22. The van der Waals surface area contributed by atoms with Gasteiger partial charge in [-0.2, -0.15) is 0 Å². The molecule has 1 aliphatic rings. The maximum atomic E-state index is 12.9. The van der Waals surface area contributed by atoms with E-state index in [0.29, 0.717) is 23.3 Å². The quantitative estimate of drug-likeness (QED) is 0.672. The predicted molar refractivity (Wildman–Crippen MR) is 118 cm³/mol. The molecule has 1 unspecified atom stereocenters. The van der Waals surface area contributed by atoms with Gasteiger partial charge in [-0.05, 0) is 68.4 Å². The summed E-state index contributed by atoms with van der Waals surface area (Å²) < 4.78 is 0. The van der Waals surface area contributed by atoms with Crippen molar-refractivity contribution in [3.05, 3.63) is 75.3 Å². The molecule has 0 saturated heterocycles. The van der Waals surface area contributed by atoms with E-state index in [2.05, 4.69) is 33.5 Å². The fraction of sp³-hybridized carbons (Fsp3) is 0.375. The minimum atomic E-state index is -0.186. The number of hydrogen-bond donors (Lipinski definition) is 2. The van der Waals surface area contributed by atoms with Crippen LogP contribution >= 0.6 is 0 Å².